The molecule has 0 saturated carbocycles. The first-order chi connectivity index (χ1) is 26.5. The topological polar surface area (TPSA) is 60.7 Å². The quantitative estimate of drug-likeness (QED) is 0.178. The number of phenolic OH excluding ortho intramolecular Hbond substituents is 3. The van der Waals surface area contributed by atoms with Gasteiger partial charge in [-0.2, -0.15) is 101 Å². The standard InChI is InChI=1S/C13H7F11O.C12H7F9O.C9H7F3O/c1-6(7-2-4-8(25)5-3-7)9(14,15)10(16,17)11(18,19)12(20,21)13(22,23)24;1-6(7-2-4-8(22)5-3-7)9(13,14)10(15,16)11(17,18)12(19,20)21;1-6(9(10,11)12)7-2-4-8(13)5-3-7/h2-5,25H,1H2;2-5,22H,1H2;2-5,13H,1H2. The highest BCUT2D eigenvalue weighted by atomic mass is 19.4. The Morgan fingerprint density at radius 2 is 0.500 bits per heavy atom. The maximum Gasteiger partial charge on any atom is 0.460 e. The number of hydrogen-bond acceptors (Lipinski definition) is 3. The number of allylic oxidation sites excluding steroid dienone is 3. The van der Waals surface area contributed by atoms with Crippen LogP contribution in [0.25, 0.3) is 16.7 Å². The molecule has 3 N–H and O–H groups in total. The Balaban J connectivity index is 0.000000471. The molecule has 0 fully saturated rings. The van der Waals surface area contributed by atoms with Gasteiger partial charge in [0.05, 0.1) is 5.57 Å². The fourth-order valence-electron chi connectivity index (χ4n) is 3.84. The zero-order valence-electron chi connectivity index (χ0n) is 28.6. The molecular weight excluding hydrogens is 893 g/mol. The summed E-state index contributed by atoms with van der Waals surface area (Å²) in [7, 11) is 0. The number of halogens is 23. The number of rotatable bonds is 10. The zero-order valence-corrected chi connectivity index (χ0v) is 28.6. The van der Waals surface area contributed by atoms with Gasteiger partial charge in [0.15, 0.2) is 0 Å². The van der Waals surface area contributed by atoms with E-state index in [9.17, 15) is 101 Å². The van der Waals surface area contributed by atoms with E-state index in [1.54, 1.807) is 0 Å². The summed E-state index contributed by atoms with van der Waals surface area (Å²) in [4.78, 5) is 0. The average molecular weight is 914 g/mol. The summed E-state index contributed by atoms with van der Waals surface area (Å²) in [6.07, 6.45) is -18.5. The Morgan fingerprint density at radius 1 is 0.300 bits per heavy atom. The zero-order chi connectivity index (χ0) is 47.7. The van der Waals surface area contributed by atoms with E-state index in [0.29, 0.717) is 36.4 Å². The Morgan fingerprint density at radius 3 is 0.717 bits per heavy atom. The molecule has 0 bridgehead atoms. The summed E-state index contributed by atoms with van der Waals surface area (Å²) in [5.74, 6) is -49.0. The van der Waals surface area contributed by atoms with Gasteiger partial charge in [-0.3, -0.25) is 0 Å². The molecule has 0 heterocycles. The lowest BCUT2D eigenvalue weighted by Gasteiger charge is -2.37. The predicted molar refractivity (Wildman–Crippen MR) is 164 cm³/mol. The molecule has 0 aliphatic rings. The maximum atomic E-state index is 13.7. The van der Waals surface area contributed by atoms with E-state index in [0.717, 1.165) is 12.1 Å². The molecule has 0 aliphatic heterocycles. The minimum absolute atomic E-state index is 0.0368. The van der Waals surface area contributed by atoms with Crippen molar-refractivity contribution in [3.05, 3.63) is 109 Å². The molecule has 0 saturated heterocycles. The Hall–Kier alpha value is -5.33. The molecule has 336 valence electrons. The second-order valence-electron chi connectivity index (χ2n) is 11.6. The minimum Gasteiger partial charge on any atom is -0.508 e. The first kappa shape index (κ1) is 52.7. The number of aromatic hydroxyl groups is 3. The molecule has 3 aromatic carbocycles. The van der Waals surface area contributed by atoms with Gasteiger partial charge < -0.3 is 15.3 Å². The second kappa shape index (κ2) is 17.0. The van der Waals surface area contributed by atoms with Crippen LogP contribution < -0.4 is 0 Å². The largest absolute Gasteiger partial charge is 0.508 e. The van der Waals surface area contributed by atoms with Gasteiger partial charge in [-0.15, -0.1) is 0 Å². The van der Waals surface area contributed by atoms with E-state index in [1.165, 1.54) is 24.3 Å². The third kappa shape index (κ3) is 10.2. The highest BCUT2D eigenvalue weighted by molar-refractivity contribution is 5.71. The van der Waals surface area contributed by atoms with Crippen LogP contribution in [0.15, 0.2) is 92.5 Å². The maximum absolute atomic E-state index is 13.7. The highest BCUT2D eigenvalue weighted by Gasteiger charge is 2.87. The lowest BCUT2D eigenvalue weighted by molar-refractivity contribution is -0.415. The third-order valence-electron chi connectivity index (χ3n) is 7.43. The number of benzene rings is 3. The van der Waals surface area contributed by atoms with E-state index in [1.807, 2.05) is 0 Å². The van der Waals surface area contributed by atoms with Crippen LogP contribution in [0.1, 0.15) is 16.7 Å². The van der Waals surface area contributed by atoms with Crippen molar-refractivity contribution in [1.29, 1.82) is 0 Å². The van der Waals surface area contributed by atoms with Crippen LogP contribution in [0.3, 0.4) is 0 Å². The monoisotopic (exact) mass is 914 g/mol. The number of alkyl halides is 23. The Kier molecular flexibility index (Phi) is 14.9. The van der Waals surface area contributed by atoms with Crippen molar-refractivity contribution < 1.29 is 116 Å². The van der Waals surface area contributed by atoms with Crippen molar-refractivity contribution in [2.75, 3.05) is 0 Å². The summed E-state index contributed by atoms with van der Waals surface area (Å²) in [5.41, 5.74) is -6.86. The molecule has 0 aromatic heterocycles. The first-order valence-electron chi connectivity index (χ1n) is 14.8. The van der Waals surface area contributed by atoms with Crippen LogP contribution in [0.4, 0.5) is 101 Å². The van der Waals surface area contributed by atoms with E-state index in [4.69, 9.17) is 15.3 Å². The molecule has 3 aromatic rings. The van der Waals surface area contributed by atoms with E-state index < -0.39 is 99.3 Å². The molecule has 0 amide bonds. The van der Waals surface area contributed by atoms with Gasteiger partial charge in [-0.1, -0.05) is 56.1 Å². The van der Waals surface area contributed by atoms with Gasteiger partial charge in [0, 0.05) is 11.1 Å². The van der Waals surface area contributed by atoms with Crippen molar-refractivity contribution in [2.24, 2.45) is 0 Å². The van der Waals surface area contributed by atoms with Crippen molar-refractivity contribution >= 4 is 16.7 Å². The molecule has 60 heavy (non-hydrogen) atoms. The van der Waals surface area contributed by atoms with Crippen LogP contribution in [0.2, 0.25) is 0 Å². The van der Waals surface area contributed by atoms with Crippen molar-refractivity contribution in [3.63, 3.8) is 0 Å². The molecule has 0 spiro atoms. The average Bonchev–Trinajstić information content (AvgIpc) is 3.10. The fourth-order valence-corrected chi connectivity index (χ4v) is 3.84. The summed E-state index contributed by atoms with van der Waals surface area (Å²) >= 11 is 0. The van der Waals surface area contributed by atoms with Crippen LogP contribution in [0, 0.1) is 0 Å². The highest BCUT2D eigenvalue weighted by Crippen LogP contribution is 2.60. The van der Waals surface area contributed by atoms with Gasteiger partial charge >= 0.3 is 60.0 Å². The molecule has 3 rings (SSSR count). The Bertz CT molecular complexity index is 1960. The predicted octanol–water partition coefficient (Wildman–Crippen LogP) is 13.4. The Labute approximate surface area is 320 Å². The van der Waals surface area contributed by atoms with Crippen LogP contribution in [0.5, 0.6) is 17.2 Å². The number of phenols is 3. The third-order valence-corrected chi connectivity index (χ3v) is 7.43. The number of hydrogen-bond donors (Lipinski definition) is 3. The first-order valence-corrected chi connectivity index (χ1v) is 14.8. The summed E-state index contributed by atoms with van der Waals surface area (Å²) in [5, 5.41) is 26.7. The normalized spacial score (nSPS) is 13.7. The van der Waals surface area contributed by atoms with Crippen molar-refractivity contribution in [2.45, 2.75) is 60.0 Å². The molecule has 0 atom stereocenters. The minimum atomic E-state index is -7.48. The van der Waals surface area contributed by atoms with E-state index in [-0.39, 0.29) is 11.3 Å². The van der Waals surface area contributed by atoms with Crippen LogP contribution in [-0.4, -0.2) is 75.3 Å². The summed E-state index contributed by atoms with van der Waals surface area (Å²) in [6.45, 7) is 7.77. The van der Waals surface area contributed by atoms with Gasteiger partial charge in [-0.25, -0.2) is 0 Å². The molecule has 0 aliphatic carbocycles. The van der Waals surface area contributed by atoms with E-state index >= 15 is 0 Å². The second-order valence-corrected chi connectivity index (χ2v) is 11.6. The van der Waals surface area contributed by atoms with Gasteiger partial charge in [-0.05, 0) is 53.1 Å². The molecule has 0 unspecified atom stereocenters. The molecule has 26 heteroatoms. The smallest absolute Gasteiger partial charge is 0.460 e. The van der Waals surface area contributed by atoms with Gasteiger partial charge in [0.25, 0.3) is 0 Å². The lowest BCUT2D eigenvalue weighted by atomic mass is 9.90. The van der Waals surface area contributed by atoms with Crippen molar-refractivity contribution in [3.8, 4) is 17.2 Å². The summed E-state index contributed by atoms with van der Waals surface area (Å²) in [6, 6.07) is 9.75. The van der Waals surface area contributed by atoms with Crippen LogP contribution >= 0.6 is 0 Å². The summed E-state index contributed by atoms with van der Waals surface area (Å²) < 4.78 is 293. The SMILES string of the molecule is C=C(c1ccc(O)cc1)C(F)(F)C(F)(F)C(F)(F)C(F)(F)C(F)(F)F.C=C(c1ccc(O)cc1)C(F)(F)C(F)(F)C(F)(F)C(F)(F)F.C=C(c1ccc(O)cc1)C(F)(F)F. The van der Waals surface area contributed by atoms with Gasteiger partial charge in [0.1, 0.15) is 17.2 Å². The lowest BCUT2D eigenvalue weighted by Crippen LogP contribution is -2.66. The molecule has 0 radical (unpaired) electrons. The van der Waals surface area contributed by atoms with Gasteiger partial charge in [0.2, 0.25) is 0 Å². The van der Waals surface area contributed by atoms with E-state index in [2.05, 4.69) is 19.7 Å². The fraction of sp³-hybridized carbons (Fsp3) is 0.294. The molecular formula is C34H21F23O3. The molecule has 3 nitrogen and oxygen atoms in total. The van der Waals surface area contributed by atoms with Crippen LogP contribution in [-0.2, 0) is 0 Å². The van der Waals surface area contributed by atoms with Crippen molar-refractivity contribution in [1.82, 2.24) is 0 Å².